The van der Waals surface area contributed by atoms with Crippen LogP contribution < -0.4 is 11.1 Å². The number of nitrogens with two attached hydrogens (primary N) is 1. The summed E-state index contributed by atoms with van der Waals surface area (Å²) in [5.74, 6) is -2.49. The molecule has 0 fully saturated rings. The lowest BCUT2D eigenvalue weighted by Crippen LogP contribution is -2.36. The minimum Gasteiger partial charge on any atom is -0.366 e. The van der Waals surface area contributed by atoms with Crippen LogP contribution in [0.2, 0.25) is 0 Å². The molecule has 3 N–H and O–H groups in total. The smallest absolute Gasteiger partial charge is 0.366 e. The van der Waals surface area contributed by atoms with Gasteiger partial charge in [-0.1, -0.05) is 36.4 Å². The zero-order valence-corrected chi connectivity index (χ0v) is 12.3. The molecule has 0 aliphatic carbocycles. The van der Waals surface area contributed by atoms with Crippen molar-refractivity contribution in [3.63, 3.8) is 0 Å². The molecule has 0 aliphatic heterocycles. The molecular formula is C16H15F3N2O2. The number of carbonyl (C=O) groups excluding carboxylic acids is 2. The second-order valence-electron chi connectivity index (χ2n) is 5.17. The highest BCUT2D eigenvalue weighted by Crippen LogP contribution is 2.28. The molecule has 0 radical (unpaired) electrons. The van der Waals surface area contributed by atoms with Crippen molar-refractivity contribution in [1.82, 2.24) is 5.32 Å². The molecule has 0 saturated heterocycles. The quantitative estimate of drug-likeness (QED) is 0.907. The zero-order valence-electron chi connectivity index (χ0n) is 12.3. The predicted molar refractivity (Wildman–Crippen MR) is 79.9 cm³/mol. The van der Waals surface area contributed by atoms with Crippen LogP contribution in [0, 0.1) is 0 Å². The molecule has 0 bridgehead atoms. The van der Waals surface area contributed by atoms with Gasteiger partial charge in [0.2, 0.25) is 11.8 Å². The fraction of sp³-hybridized carbons (Fsp3) is 0.250. The summed E-state index contributed by atoms with van der Waals surface area (Å²) in [6.07, 6.45) is -4.49. The molecule has 2 amide bonds. The van der Waals surface area contributed by atoms with Crippen LogP contribution >= 0.6 is 0 Å². The number of alkyl halides is 3. The summed E-state index contributed by atoms with van der Waals surface area (Å²) in [4.78, 5) is 23.7. The van der Waals surface area contributed by atoms with E-state index in [9.17, 15) is 22.8 Å². The molecule has 0 aromatic heterocycles. The van der Waals surface area contributed by atoms with Gasteiger partial charge in [0, 0.05) is 0 Å². The number of halogens is 3. The third kappa shape index (κ3) is 3.80. The van der Waals surface area contributed by atoms with Gasteiger partial charge in [0.05, 0.1) is 11.5 Å². The van der Waals surface area contributed by atoms with Crippen molar-refractivity contribution in [1.29, 1.82) is 0 Å². The SMILES string of the molecule is CC(C(=O)NCC(F)(F)F)c1ccc2ccccc2c1C(N)=O. The number of fused-ring (bicyclic) bond motifs is 1. The van der Waals surface area contributed by atoms with Gasteiger partial charge in [-0.05, 0) is 23.3 Å². The first-order valence-electron chi connectivity index (χ1n) is 6.86. The minimum absolute atomic E-state index is 0.151. The van der Waals surface area contributed by atoms with Crippen LogP contribution in [-0.2, 0) is 4.79 Å². The maximum Gasteiger partial charge on any atom is 0.405 e. The highest BCUT2D eigenvalue weighted by Gasteiger charge is 2.30. The van der Waals surface area contributed by atoms with E-state index in [1.54, 1.807) is 36.4 Å². The van der Waals surface area contributed by atoms with Crippen LogP contribution in [0.15, 0.2) is 36.4 Å². The second-order valence-corrected chi connectivity index (χ2v) is 5.17. The molecule has 1 atom stereocenters. The van der Waals surface area contributed by atoms with E-state index < -0.39 is 30.5 Å². The molecule has 7 heteroatoms. The Kier molecular flexibility index (Phi) is 4.58. The monoisotopic (exact) mass is 324 g/mol. The summed E-state index contributed by atoms with van der Waals surface area (Å²) in [6, 6.07) is 10.2. The Hall–Kier alpha value is -2.57. The van der Waals surface area contributed by atoms with Crippen molar-refractivity contribution < 1.29 is 22.8 Å². The summed E-state index contributed by atoms with van der Waals surface area (Å²) < 4.78 is 36.6. The molecule has 0 spiro atoms. The third-order valence-electron chi connectivity index (χ3n) is 3.53. The lowest BCUT2D eigenvalue weighted by atomic mass is 9.90. The van der Waals surface area contributed by atoms with E-state index in [0.29, 0.717) is 10.9 Å². The van der Waals surface area contributed by atoms with Crippen molar-refractivity contribution in [2.75, 3.05) is 6.54 Å². The molecular weight excluding hydrogens is 309 g/mol. The standard InChI is InChI=1S/C16H15F3N2O2/c1-9(15(23)21-8-16(17,18)19)11-7-6-10-4-2-3-5-12(10)13(11)14(20)22/h2-7,9H,8H2,1H3,(H2,20,22)(H,21,23). The Bertz CT molecular complexity index is 757. The van der Waals surface area contributed by atoms with Crippen LogP contribution in [0.25, 0.3) is 10.8 Å². The third-order valence-corrected chi connectivity index (χ3v) is 3.53. The van der Waals surface area contributed by atoms with E-state index >= 15 is 0 Å². The maximum atomic E-state index is 12.2. The molecule has 4 nitrogen and oxygen atoms in total. The second kappa shape index (κ2) is 6.28. The van der Waals surface area contributed by atoms with Gasteiger partial charge >= 0.3 is 6.18 Å². The Labute approximate surface area is 130 Å². The zero-order chi connectivity index (χ0) is 17.2. The van der Waals surface area contributed by atoms with Crippen LogP contribution in [-0.4, -0.2) is 24.5 Å². The average Bonchev–Trinajstić information content (AvgIpc) is 2.49. The first-order chi connectivity index (χ1) is 10.7. The minimum atomic E-state index is -4.49. The van der Waals surface area contributed by atoms with Gasteiger partial charge in [-0.2, -0.15) is 13.2 Å². The van der Waals surface area contributed by atoms with Gasteiger partial charge in [-0.25, -0.2) is 0 Å². The predicted octanol–water partition coefficient (Wildman–Crippen LogP) is 2.72. The van der Waals surface area contributed by atoms with Crippen molar-refractivity contribution in [2.24, 2.45) is 5.73 Å². The van der Waals surface area contributed by atoms with Gasteiger partial charge in [0.25, 0.3) is 0 Å². The summed E-state index contributed by atoms with van der Waals surface area (Å²) in [5.41, 5.74) is 5.86. The summed E-state index contributed by atoms with van der Waals surface area (Å²) in [6.45, 7) is 0.0118. The first kappa shape index (κ1) is 16.8. The average molecular weight is 324 g/mol. The van der Waals surface area contributed by atoms with E-state index in [1.807, 2.05) is 5.32 Å². The highest BCUT2D eigenvalue weighted by atomic mass is 19.4. The molecule has 1 unspecified atom stereocenters. The fourth-order valence-electron chi connectivity index (χ4n) is 2.41. The number of nitrogens with one attached hydrogen (secondary N) is 1. The van der Waals surface area contributed by atoms with E-state index in [-0.39, 0.29) is 5.56 Å². The summed E-state index contributed by atoms with van der Waals surface area (Å²) in [7, 11) is 0. The van der Waals surface area contributed by atoms with E-state index in [2.05, 4.69) is 0 Å². The van der Waals surface area contributed by atoms with Crippen molar-refractivity contribution >= 4 is 22.6 Å². The van der Waals surface area contributed by atoms with Gasteiger partial charge in [-0.3, -0.25) is 9.59 Å². The number of carbonyl (C=O) groups is 2. The van der Waals surface area contributed by atoms with Gasteiger partial charge in [-0.15, -0.1) is 0 Å². The number of benzene rings is 2. The number of amides is 2. The first-order valence-corrected chi connectivity index (χ1v) is 6.86. The summed E-state index contributed by atoms with van der Waals surface area (Å²) >= 11 is 0. The molecule has 2 rings (SSSR count). The number of primary amides is 1. The van der Waals surface area contributed by atoms with Crippen molar-refractivity contribution in [3.8, 4) is 0 Å². The molecule has 23 heavy (non-hydrogen) atoms. The van der Waals surface area contributed by atoms with E-state index in [4.69, 9.17) is 5.73 Å². The molecule has 2 aromatic carbocycles. The Morgan fingerprint density at radius 1 is 1.17 bits per heavy atom. The summed E-state index contributed by atoms with van der Waals surface area (Å²) in [5, 5.41) is 3.14. The Balaban J connectivity index is 2.40. The highest BCUT2D eigenvalue weighted by molar-refractivity contribution is 6.08. The Morgan fingerprint density at radius 3 is 2.43 bits per heavy atom. The van der Waals surface area contributed by atoms with Crippen LogP contribution in [0.5, 0.6) is 0 Å². The van der Waals surface area contributed by atoms with Crippen LogP contribution in [0.4, 0.5) is 13.2 Å². The van der Waals surface area contributed by atoms with Gasteiger partial charge in [0.15, 0.2) is 0 Å². The molecule has 0 aliphatic rings. The number of rotatable bonds is 4. The lowest BCUT2D eigenvalue weighted by molar-refractivity contribution is -0.139. The van der Waals surface area contributed by atoms with Crippen molar-refractivity contribution in [2.45, 2.75) is 19.0 Å². The molecule has 0 heterocycles. The van der Waals surface area contributed by atoms with Crippen LogP contribution in [0.1, 0.15) is 28.8 Å². The molecule has 2 aromatic rings. The maximum absolute atomic E-state index is 12.2. The van der Waals surface area contributed by atoms with Gasteiger partial charge < -0.3 is 11.1 Å². The van der Waals surface area contributed by atoms with Crippen molar-refractivity contribution in [3.05, 3.63) is 47.5 Å². The number of hydrogen-bond donors (Lipinski definition) is 2. The van der Waals surface area contributed by atoms with E-state index in [0.717, 1.165) is 5.39 Å². The Morgan fingerprint density at radius 2 is 1.83 bits per heavy atom. The molecule has 0 saturated carbocycles. The van der Waals surface area contributed by atoms with Crippen LogP contribution in [0.3, 0.4) is 0 Å². The van der Waals surface area contributed by atoms with Gasteiger partial charge in [0.1, 0.15) is 6.54 Å². The lowest BCUT2D eigenvalue weighted by Gasteiger charge is -2.17. The van der Waals surface area contributed by atoms with E-state index in [1.165, 1.54) is 6.92 Å². The topological polar surface area (TPSA) is 72.2 Å². The normalized spacial score (nSPS) is 12.9. The number of hydrogen-bond acceptors (Lipinski definition) is 2. The fourth-order valence-corrected chi connectivity index (χ4v) is 2.41. The largest absolute Gasteiger partial charge is 0.405 e. The molecule has 122 valence electrons.